The van der Waals surface area contributed by atoms with Gasteiger partial charge in [0, 0.05) is 25.8 Å². The summed E-state index contributed by atoms with van der Waals surface area (Å²) < 4.78 is 0. The summed E-state index contributed by atoms with van der Waals surface area (Å²) in [6.45, 7) is 4.41. The fraction of sp³-hybridized carbons (Fsp3) is 0.250. The van der Waals surface area contributed by atoms with Gasteiger partial charge in [0.15, 0.2) is 0 Å². The predicted octanol–water partition coefficient (Wildman–Crippen LogP) is -0.118. The first-order valence-electron chi connectivity index (χ1n) is 7.53. The molecule has 3 heteroatoms. The van der Waals surface area contributed by atoms with Crippen LogP contribution in [0.15, 0.2) is 54.6 Å². The van der Waals surface area contributed by atoms with Gasteiger partial charge in [-0.05, 0) is 24.0 Å². The molecule has 0 aliphatic rings. The van der Waals surface area contributed by atoms with Crippen LogP contribution >= 0.6 is 0 Å². The summed E-state index contributed by atoms with van der Waals surface area (Å²) in [6.07, 6.45) is 3.72. The molecule has 23 heavy (non-hydrogen) atoms. The van der Waals surface area contributed by atoms with E-state index in [1.807, 2.05) is 0 Å². The quantitative estimate of drug-likeness (QED) is 0.339. The Morgan fingerprint density at radius 1 is 0.957 bits per heavy atom. The summed E-state index contributed by atoms with van der Waals surface area (Å²) in [5, 5.41) is 2.71. The molecule has 0 unspecified atom stereocenters. The van der Waals surface area contributed by atoms with Crippen molar-refractivity contribution in [3.63, 3.8) is 0 Å². The van der Waals surface area contributed by atoms with Crippen LogP contribution in [0.5, 0.6) is 0 Å². The second kappa shape index (κ2) is 10.4. The summed E-state index contributed by atoms with van der Waals surface area (Å²) in [4.78, 5) is 0. The van der Waals surface area contributed by atoms with Crippen molar-refractivity contribution in [2.45, 2.75) is 33.1 Å². The van der Waals surface area contributed by atoms with Crippen molar-refractivity contribution in [3.05, 3.63) is 65.7 Å². The van der Waals surface area contributed by atoms with E-state index in [4.69, 9.17) is 0 Å². The molecule has 3 aromatic rings. The van der Waals surface area contributed by atoms with Crippen molar-refractivity contribution in [3.8, 4) is 11.1 Å². The maximum atomic E-state index is 2.29. The van der Waals surface area contributed by atoms with Gasteiger partial charge in [-0.1, -0.05) is 56.2 Å². The van der Waals surface area contributed by atoms with Gasteiger partial charge < -0.3 is 24.8 Å². The van der Waals surface area contributed by atoms with E-state index in [1.54, 1.807) is 0 Å². The molecule has 0 amide bonds. The topological polar surface area (TPSA) is 0 Å². The summed E-state index contributed by atoms with van der Waals surface area (Å²) >= 11 is 0. The van der Waals surface area contributed by atoms with Crippen molar-refractivity contribution >= 4 is 10.8 Å². The van der Waals surface area contributed by atoms with E-state index in [0.717, 1.165) is 0 Å². The van der Waals surface area contributed by atoms with Crippen LogP contribution in [0, 0.1) is 6.92 Å². The molecule has 0 saturated heterocycles. The number of benzene rings is 2. The third kappa shape index (κ3) is 5.24. The molecule has 0 saturated carbocycles. The normalized spacial score (nSPS) is 9.65. The standard InChI is InChI=1S/C20H21.2ClH.Hf/c1-3-4-6-16-9-11-17(12-10-16)19-8-5-7-18-13-15(2)14-20(18)19;;;/h5,7-14H,3-4,6H2,1-2H3;2*1H;/q-1;;;/p-2. The van der Waals surface area contributed by atoms with Gasteiger partial charge in [-0.3, -0.25) is 0 Å². The molecule has 0 radical (unpaired) electrons. The Morgan fingerprint density at radius 2 is 1.65 bits per heavy atom. The van der Waals surface area contributed by atoms with Crippen LogP contribution in [0.25, 0.3) is 21.9 Å². The van der Waals surface area contributed by atoms with Crippen molar-refractivity contribution in [1.29, 1.82) is 0 Å². The first-order chi connectivity index (χ1) is 9.78. The minimum Gasteiger partial charge on any atom is -1.00 e. The largest absolute Gasteiger partial charge is 1.00 e. The fourth-order valence-electron chi connectivity index (χ4n) is 2.87. The van der Waals surface area contributed by atoms with Gasteiger partial charge in [-0.25, -0.2) is 0 Å². The van der Waals surface area contributed by atoms with Gasteiger partial charge in [0.25, 0.3) is 0 Å². The van der Waals surface area contributed by atoms with Crippen LogP contribution in [0.1, 0.15) is 30.9 Å². The summed E-state index contributed by atoms with van der Waals surface area (Å²) in [6, 6.07) is 20.2. The van der Waals surface area contributed by atoms with Crippen molar-refractivity contribution in [2.24, 2.45) is 0 Å². The van der Waals surface area contributed by atoms with Gasteiger partial charge in [0.2, 0.25) is 0 Å². The Balaban J connectivity index is 0.00000161. The molecule has 0 atom stereocenters. The molecule has 122 valence electrons. The number of fused-ring (bicyclic) bond motifs is 1. The maximum absolute atomic E-state index is 2.29. The average molecular weight is 511 g/mol. The monoisotopic (exact) mass is 511 g/mol. The first-order valence-corrected chi connectivity index (χ1v) is 7.53. The Hall–Kier alpha value is -0.500. The zero-order chi connectivity index (χ0) is 13.9. The van der Waals surface area contributed by atoms with Crippen molar-refractivity contribution in [1.82, 2.24) is 0 Å². The van der Waals surface area contributed by atoms with Gasteiger partial charge in [0.05, 0.1) is 0 Å². The van der Waals surface area contributed by atoms with E-state index in [1.165, 1.54) is 52.3 Å². The number of hydrogen-bond acceptors (Lipinski definition) is 0. The van der Waals surface area contributed by atoms with E-state index in [2.05, 4.69) is 68.4 Å². The van der Waals surface area contributed by atoms with Gasteiger partial charge >= 0.3 is 0 Å². The maximum Gasteiger partial charge on any atom is 0 e. The number of aryl methyl sites for hydroxylation is 2. The molecular weight excluding hydrogens is 490 g/mol. The molecule has 0 aromatic heterocycles. The second-order valence-electron chi connectivity index (χ2n) is 5.64. The smallest absolute Gasteiger partial charge is 0 e. The summed E-state index contributed by atoms with van der Waals surface area (Å²) in [5.41, 5.74) is 5.45. The predicted molar refractivity (Wildman–Crippen MR) is 88.3 cm³/mol. The minimum atomic E-state index is 0. The second-order valence-corrected chi connectivity index (χ2v) is 5.64. The Morgan fingerprint density at radius 3 is 2.30 bits per heavy atom. The third-order valence-corrected chi connectivity index (χ3v) is 3.98. The average Bonchev–Trinajstić information content (AvgIpc) is 2.85. The van der Waals surface area contributed by atoms with Crippen molar-refractivity contribution in [2.75, 3.05) is 0 Å². The first kappa shape index (κ1) is 22.5. The molecular formula is C20H21Cl2Hf-3. The van der Waals surface area contributed by atoms with Crippen LogP contribution in [0.3, 0.4) is 0 Å². The molecule has 3 aromatic carbocycles. The zero-order valence-electron chi connectivity index (χ0n) is 13.6. The molecule has 0 spiro atoms. The van der Waals surface area contributed by atoms with E-state index >= 15 is 0 Å². The molecule has 0 fully saturated rings. The third-order valence-electron chi connectivity index (χ3n) is 3.98. The molecule has 0 N–H and O–H groups in total. The van der Waals surface area contributed by atoms with E-state index in [9.17, 15) is 0 Å². The number of rotatable bonds is 4. The van der Waals surface area contributed by atoms with E-state index in [-0.39, 0.29) is 50.7 Å². The molecule has 0 aliphatic carbocycles. The minimum absolute atomic E-state index is 0. The Kier molecular flexibility index (Phi) is 10.2. The van der Waals surface area contributed by atoms with Crippen molar-refractivity contribution < 1.29 is 50.7 Å². The van der Waals surface area contributed by atoms with Crippen LogP contribution in [-0.4, -0.2) is 0 Å². The fourth-order valence-corrected chi connectivity index (χ4v) is 2.87. The molecule has 3 rings (SSSR count). The van der Waals surface area contributed by atoms with Crippen LogP contribution < -0.4 is 24.8 Å². The Bertz CT molecular complexity index is 714. The van der Waals surface area contributed by atoms with Crippen LogP contribution in [0.4, 0.5) is 0 Å². The molecule has 0 aliphatic heterocycles. The van der Waals surface area contributed by atoms with Gasteiger partial charge in [-0.2, -0.15) is 6.07 Å². The Labute approximate surface area is 170 Å². The molecule has 0 heterocycles. The van der Waals surface area contributed by atoms with Crippen LogP contribution in [-0.2, 0) is 32.3 Å². The number of hydrogen-bond donors (Lipinski definition) is 0. The summed E-state index contributed by atoms with van der Waals surface area (Å²) in [5.74, 6) is 0. The number of halogens is 2. The zero-order valence-corrected chi connectivity index (χ0v) is 18.7. The van der Waals surface area contributed by atoms with Gasteiger partial charge in [-0.15, -0.1) is 34.5 Å². The summed E-state index contributed by atoms with van der Waals surface area (Å²) in [7, 11) is 0. The molecule has 0 bridgehead atoms. The SMILES string of the molecule is CCCCc1ccc(-c2cccc3[cH-]c(C)cc23)cc1.[Cl-].[Cl-].[Hf]. The van der Waals surface area contributed by atoms with Crippen LogP contribution in [0.2, 0.25) is 0 Å². The van der Waals surface area contributed by atoms with Gasteiger partial charge in [0.1, 0.15) is 0 Å². The molecule has 0 nitrogen and oxygen atoms in total. The van der Waals surface area contributed by atoms with E-state index in [0.29, 0.717) is 0 Å². The van der Waals surface area contributed by atoms with E-state index < -0.39 is 0 Å². The number of unbranched alkanes of at least 4 members (excludes halogenated alkanes) is 1.